The van der Waals surface area contributed by atoms with Crippen LogP contribution in [-0.2, 0) is 9.53 Å². The smallest absolute Gasteiger partial charge is 0.410 e. The minimum atomic E-state index is -0.468. The molecular formula is C20H32N2O3. The number of carbonyl (C=O) groups excluding carboxylic acids is 2. The van der Waals surface area contributed by atoms with Crippen molar-refractivity contribution in [1.29, 1.82) is 0 Å². The monoisotopic (exact) mass is 348 g/mol. The number of piperazine rings is 1. The van der Waals surface area contributed by atoms with Crippen molar-refractivity contribution in [3.05, 3.63) is 0 Å². The van der Waals surface area contributed by atoms with E-state index in [1.165, 1.54) is 32.1 Å². The lowest BCUT2D eigenvalue weighted by Crippen LogP contribution is -2.56. The summed E-state index contributed by atoms with van der Waals surface area (Å²) in [6, 6.07) is 0. The van der Waals surface area contributed by atoms with Gasteiger partial charge >= 0.3 is 6.09 Å². The summed E-state index contributed by atoms with van der Waals surface area (Å²) in [6.07, 6.45) is 6.28. The second kappa shape index (κ2) is 6.17. The Hall–Kier alpha value is -1.26. The van der Waals surface area contributed by atoms with Crippen molar-refractivity contribution in [3.63, 3.8) is 0 Å². The Kier molecular flexibility index (Phi) is 4.24. The molecule has 0 radical (unpaired) electrons. The fourth-order valence-corrected chi connectivity index (χ4v) is 5.98. The van der Waals surface area contributed by atoms with Crippen molar-refractivity contribution in [1.82, 2.24) is 9.80 Å². The van der Waals surface area contributed by atoms with Crippen LogP contribution in [0.3, 0.4) is 0 Å². The van der Waals surface area contributed by atoms with Crippen LogP contribution < -0.4 is 0 Å². The van der Waals surface area contributed by atoms with Gasteiger partial charge < -0.3 is 14.5 Å². The second-order valence-electron chi connectivity index (χ2n) is 9.75. The van der Waals surface area contributed by atoms with Crippen LogP contribution in [0.15, 0.2) is 0 Å². The molecule has 0 atom stereocenters. The van der Waals surface area contributed by atoms with E-state index in [1.807, 2.05) is 25.7 Å². The number of rotatable bonds is 1. The topological polar surface area (TPSA) is 49.9 Å². The molecule has 0 aromatic rings. The van der Waals surface area contributed by atoms with E-state index in [1.54, 1.807) is 4.90 Å². The first-order valence-electron chi connectivity index (χ1n) is 10.1. The number of hydrogen-bond acceptors (Lipinski definition) is 3. The molecule has 5 fully saturated rings. The Bertz CT molecular complexity index is 518. The number of ether oxygens (including phenoxy) is 1. The summed E-state index contributed by atoms with van der Waals surface area (Å²) < 4.78 is 5.45. The first-order valence-corrected chi connectivity index (χ1v) is 10.1. The summed E-state index contributed by atoms with van der Waals surface area (Å²) >= 11 is 0. The largest absolute Gasteiger partial charge is 0.444 e. The van der Waals surface area contributed by atoms with Crippen molar-refractivity contribution in [2.45, 2.75) is 58.5 Å². The van der Waals surface area contributed by atoms with E-state index in [2.05, 4.69) is 0 Å². The molecule has 0 aromatic carbocycles. The third-order valence-electron chi connectivity index (χ3n) is 6.75. The summed E-state index contributed by atoms with van der Waals surface area (Å²) in [5.41, 5.74) is -0.468. The molecule has 0 spiro atoms. The zero-order valence-electron chi connectivity index (χ0n) is 15.9. The number of hydrogen-bond donors (Lipinski definition) is 0. The van der Waals surface area contributed by atoms with Gasteiger partial charge in [0.25, 0.3) is 0 Å². The van der Waals surface area contributed by atoms with Gasteiger partial charge in [0, 0.05) is 32.1 Å². The molecule has 4 saturated carbocycles. The van der Waals surface area contributed by atoms with Crippen LogP contribution in [0.5, 0.6) is 0 Å². The van der Waals surface area contributed by atoms with Gasteiger partial charge in [-0.25, -0.2) is 4.79 Å². The van der Waals surface area contributed by atoms with Crippen LogP contribution in [0.4, 0.5) is 4.79 Å². The molecule has 4 aliphatic carbocycles. The number of carbonyl (C=O) groups is 2. The fourth-order valence-electron chi connectivity index (χ4n) is 5.98. The Morgan fingerprint density at radius 1 is 0.800 bits per heavy atom. The molecule has 1 heterocycles. The highest BCUT2D eigenvalue weighted by atomic mass is 16.6. The highest BCUT2D eigenvalue weighted by Gasteiger charge is 2.51. The average molecular weight is 348 g/mol. The predicted molar refractivity (Wildman–Crippen MR) is 94.9 cm³/mol. The summed E-state index contributed by atoms with van der Waals surface area (Å²) in [7, 11) is 0. The second-order valence-corrected chi connectivity index (χ2v) is 9.75. The zero-order valence-corrected chi connectivity index (χ0v) is 15.9. The maximum absolute atomic E-state index is 13.2. The van der Waals surface area contributed by atoms with E-state index in [4.69, 9.17) is 4.74 Å². The van der Waals surface area contributed by atoms with Crippen molar-refractivity contribution < 1.29 is 14.3 Å². The summed E-state index contributed by atoms with van der Waals surface area (Å²) in [6.45, 7) is 8.15. The predicted octanol–water partition coefficient (Wildman–Crippen LogP) is 3.14. The molecular weight excluding hydrogens is 316 g/mol. The normalized spacial score (nSPS) is 37.3. The standard InChI is InChI=1S/C20H32N2O3/c1-20(2,3)25-19(24)22-6-4-21(5-7-22)18(23)17-15-9-13-8-14(11-15)12-16(17)10-13/h13-17H,4-12H2,1-3H3. The first-order chi connectivity index (χ1) is 11.8. The fraction of sp³-hybridized carbons (Fsp3) is 0.900. The van der Waals surface area contributed by atoms with E-state index in [9.17, 15) is 9.59 Å². The molecule has 0 aromatic heterocycles. The van der Waals surface area contributed by atoms with Crippen molar-refractivity contribution in [2.24, 2.45) is 29.6 Å². The highest BCUT2D eigenvalue weighted by molar-refractivity contribution is 5.80. The third kappa shape index (κ3) is 3.39. The molecule has 0 unspecified atom stereocenters. The van der Waals surface area contributed by atoms with E-state index in [0.29, 0.717) is 43.9 Å². The molecule has 5 nitrogen and oxygen atoms in total. The minimum absolute atomic E-state index is 0.255. The molecule has 25 heavy (non-hydrogen) atoms. The van der Waals surface area contributed by atoms with Crippen LogP contribution in [-0.4, -0.2) is 53.6 Å². The highest BCUT2D eigenvalue weighted by Crippen LogP contribution is 2.56. The molecule has 1 saturated heterocycles. The lowest BCUT2D eigenvalue weighted by atomic mass is 9.51. The van der Waals surface area contributed by atoms with Gasteiger partial charge in [-0.2, -0.15) is 0 Å². The molecule has 4 bridgehead atoms. The van der Waals surface area contributed by atoms with Gasteiger partial charge in [-0.1, -0.05) is 0 Å². The maximum Gasteiger partial charge on any atom is 0.410 e. The van der Waals surface area contributed by atoms with Crippen LogP contribution in [0, 0.1) is 29.6 Å². The van der Waals surface area contributed by atoms with Gasteiger partial charge in [0.2, 0.25) is 5.91 Å². The third-order valence-corrected chi connectivity index (χ3v) is 6.75. The van der Waals surface area contributed by atoms with Gasteiger partial charge in [-0.3, -0.25) is 4.79 Å². The Morgan fingerprint density at radius 3 is 1.76 bits per heavy atom. The number of amides is 2. The minimum Gasteiger partial charge on any atom is -0.444 e. The van der Waals surface area contributed by atoms with Gasteiger partial charge in [0.05, 0.1) is 0 Å². The van der Waals surface area contributed by atoms with E-state index < -0.39 is 5.60 Å². The maximum atomic E-state index is 13.2. The quantitative estimate of drug-likeness (QED) is 0.731. The van der Waals surface area contributed by atoms with Crippen LogP contribution in [0.25, 0.3) is 0 Å². The molecule has 5 rings (SSSR count). The Labute approximate surface area is 151 Å². The first kappa shape index (κ1) is 17.2. The van der Waals surface area contributed by atoms with E-state index in [-0.39, 0.29) is 12.0 Å². The van der Waals surface area contributed by atoms with Gasteiger partial charge in [0.1, 0.15) is 5.60 Å². The molecule has 2 amide bonds. The molecule has 5 heteroatoms. The zero-order chi connectivity index (χ0) is 17.8. The van der Waals surface area contributed by atoms with Crippen LogP contribution >= 0.6 is 0 Å². The molecule has 1 aliphatic heterocycles. The molecule has 5 aliphatic rings. The van der Waals surface area contributed by atoms with Gasteiger partial charge in [-0.15, -0.1) is 0 Å². The Balaban J connectivity index is 1.34. The SMILES string of the molecule is CC(C)(C)OC(=O)N1CCN(C(=O)C2C3CC4CC(C3)CC2C4)CC1. The van der Waals surface area contributed by atoms with Gasteiger partial charge in [0.15, 0.2) is 0 Å². The lowest BCUT2D eigenvalue weighted by molar-refractivity contribution is -0.150. The average Bonchev–Trinajstić information content (AvgIpc) is 2.52. The number of nitrogens with zero attached hydrogens (tertiary/aromatic N) is 2. The van der Waals surface area contributed by atoms with Crippen molar-refractivity contribution >= 4 is 12.0 Å². The van der Waals surface area contributed by atoms with Crippen molar-refractivity contribution in [3.8, 4) is 0 Å². The van der Waals surface area contributed by atoms with Gasteiger partial charge in [-0.05, 0) is 76.5 Å². The Morgan fingerprint density at radius 2 is 1.28 bits per heavy atom. The van der Waals surface area contributed by atoms with Crippen LogP contribution in [0.1, 0.15) is 52.9 Å². The lowest BCUT2D eigenvalue weighted by Gasteiger charge is -2.54. The summed E-state index contributed by atoms with van der Waals surface area (Å²) in [4.78, 5) is 29.1. The van der Waals surface area contributed by atoms with Crippen LogP contribution in [0.2, 0.25) is 0 Å². The molecule has 0 N–H and O–H groups in total. The summed E-state index contributed by atoms with van der Waals surface area (Å²) in [5.74, 6) is 3.70. The van der Waals surface area contributed by atoms with E-state index >= 15 is 0 Å². The molecule has 140 valence electrons. The summed E-state index contributed by atoms with van der Waals surface area (Å²) in [5, 5.41) is 0. The van der Waals surface area contributed by atoms with E-state index in [0.717, 1.165) is 11.8 Å². The van der Waals surface area contributed by atoms with Crippen molar-refractivity contribution in [2.75, 3.05) is 26.2 Å².